The number of carbonyl (C=O) groups is 2. The molecule has 10 heteroatoms. The summed E-state index contributed by atoms with van der Waals surface area (Å²) >= 11 is 0. The number of aryl methyl sites for hydroxylation is 1. The van der Waals surface area contributed by atoms with E-state index in [-0.39, 0.29) is 24.4 Å². The van der Waals surface area contributed by atoms with Crippen LogP contribution in [0.1, 0.15) is 56.8 Å². The molecule has 0 radical (unpaired) electrons. The third-order valence-electron chi connectivity index (χ3n) is 7.17. The first kappa shape index (κ1) is 27.1. The highest BCUT2D eigenvalue weighted by atomic mass is 16.6. The number of aromatic hydroxyl groups is 1. The van der Waals surface area contributed by atoms with Crippen molar-refractivity contribution in [1.82, 2.24) is 14.3 Å². The first-order chi connectivity index (χ1) is 19.0. The number of hydrogen-bond donors (Lipinski definition) is 1. The molecule has 10 nitrogen and oxygen atoms in total. The molecule has 4 aromatic rings. The van der Waals surface area contributed by atoms with Crippen LogP contribution in [0, 0.1) is 30.1 Å². The Hall–Kier alpha value is -4.52. The number of nitrogens with zero attached hydrogens (tertiary/aromatic N) is 4. The SMILES string of the molecule is CCOC(=O)C1CC1C(c1c(OC)cc(C)c2c1ccn2C(=O)OC(C)(C)C)n1nc2ccc(C#N)cc2c1O. The zero-order chi connectivity index (χ0) is 28.9. The second kappa shape index (κ2) is 9.90. The minimum atomic E-state index is -0.691. The fourth-order valence-electron chi connectivity index (χ4n) is 5.42. The molecule has 2 heterocycles. The average Bonchev–Trinajstić information content (AvgIpc) is 3.44. The summed E-state index contributed by atoms with van der Waals surface area (Å²) < 4.78 is 19.8. The Morgan fingerprint density at radius 3 is 2.62 bits per heavy atom. The summed E-state index contributed by atoms with van der Waals surface area (Å²) in [6.07, 6.45) is 1.65. The van der Waals surface area contributed by atoms with E-state index in [0.29, 0.717) is 45.1 Å². The summed E-state index contributed by atoms with van der Waals surface area (Å²) in [7, 11) is 1.56. The molecule has 3 atom stereocenters. The molecule has 1 fully saturated rings. The third kappa shape index (κ3) is 4.62. The van der Waals surface area contributed by atoms with E-state index in [1.807, 2.05) is 19.1 Å². The van der Waals surface area contributed by atoms with E-state index < -0.39 is 23.7 Å². The number of methoxy groups -OCH3 is 1. The lowest BCUT2D eigenvalue weighted by molar-refractivity contribution is -0.145. The molecular weight excluding hydrogens is 512 g/mol. The molecule has 3 unspecified atom stereocenters. The van der Waals surface area contributed by atoms with Gasteiger partial charge in [0.25, 0.3) is 0 Å². The van der Waals surface area contributed by atoms with Crippen molar-refractivity contribution < 1.29 is 28.9 Å². The maximum atomic E-state index is 13.1. The molecule has 0 bridgehead atoms. The van der Waals surface area contributed by atoms with Gasteiger partial charge >= 0.3 is 12.1 Å². The van der Waals surface area contributed by atoms with Gasteiger partial charge in [0, 0.05) is 17.1 Å². The number of rotatable bonds is 6. The Labute approximate surface area is 231 Å². The molecule has 1 saturated carbocycles. The van der Waals surface area contributed by atoms with Gasteiger partial charge in [-0.25, -0.2) is 9.48 Å². The van der Waals surface area contributed by atoms with Crippen LogP contribution in [-0.4, -0.2) is 50.8 Å². The highest BCUT2D eigenvalue weighted by molar-refractivity contribution is 5.96. The monoisotopic (exact) mass is 544 g/mol. The van der Waals surface area contributed by atoms with Gasteiger partial charge in [-0.3, -0.25) is 9.36 Å². The number of fused-ring (bicyclic) bond motifs is 2. The smallest absolute Gasteiger partial charge is 0.419 e. The van der Waals surface area contributed by atoms with Gasteiger partial charge in [0.05, 0.1) is 53.7 Å². The number of nitriles is 1. The van der Waals surface area contributed by atoms with Crippen molar-refractivity contribution >= 4 is 33.9 Å². The highest BCUT2D eigenvalue weighted by Crippen LogP contribution is 2.54. The maximum absolute atomic E-state index is 13.1. The summed E-state index contributed by atoms with van der Waals surface area (Å²) in [6, 6.07) is 10.00. The number of benzene rings is 2. The van der Waals surface area contributed by atoms with Crippen LogP contribution in [0.25, 0.3) is 21.8 Å². The van der Waals surface area contributed by atoms with Crippen molar-refractivity contribution in [1.29, 1.82) is 5.26 Å². The molecule has 1 N–H and O–H groups in total. The fourth-order valence-corrected chi connectivity index (χ4v) is 5.42. The van der Waals surface area contributed by atoms with E-state index in [4.69, 9.17) is 19.3 Å². The van der Waals surface area contributed by atoms with E-state index in [1.165, 1.54) is 9.25 Å². The molecule has 1 aliphatic rings. The summed E-state index contributed by atoms with van der Waals surface area (Å²) in [5, 5.41) is 26.6. The van der Waals surface area contributed by atoms with Crippen LogP contribution in [0.4, 0.5) is 4.79 Å². The zero-order valence-corrected chi connectivity index (χ0v) is 23.4. The number of ether oxygens (including phenoxy) is 3. The van der Waals surface area contributed by atoms with Crippen LogP contribution in [0.5, 0.6) is 11.6 Å². The molecule has 0 aliphatic heterocycles. The van der Waals surface area contributed by atoms with Crippen molar-refractivity contribution in [3.63, 3.8) is 0 Å². The van der Waals surface area contributed by atoms with E-state index in [9.17, 15) is 20.0 Å². The standard InChI is InChI=1S/C30H32N4O6/c1-7-39-28(36)20-14-19(20)26(34-27(35)21-13-17(15-31)8-9-22(21)32-34)24-18-10-11-33(29(37)40-30(3,4)5)25(18)16(2)12-23(24)38-6/h8-13,19-20,26,35H,7,14H2,1-6H3. The summed E-state index contributed by atoms with van der Waals surface area (Å²) in [4.78, 5) is 25.9. The lowest BCUT2D eigenvalue weighted by atomic mass is 9.94. The van der Waals surface area contributed by atoms with Crippen LogP contribution < -0.4 is 4.74 Å². The Bertz CT molecular complexity index is 1690. The minimum absolute atomic E-state index is 0.131. The van der Waals surface area contributed by atoms with Gasteiger partial charge in [-0.1, -0.05) is 0 Å². The van der Waals surface area contributed by atoms with Crippen LogP contribution >= 0.6 is 0 Å². The Balaban J connectivity index is 1.75. The van der Waals surface area contributed by atoms with Gasteiger partial charge in [-0.15, -0.1) is 0 Å². The Kier molecular flexibility index (Phi) is 6.70. The molecule has 40 heavy (non-hydrogen) atoms. The van der Waals surface area contributed by atoms with Crippen molar-refractivity contribution in [3.05, 3.63) is 53.2 Å². The van der Waals surface area contributed by atoms with E-state index in [1.54, 1.807) is 59.2 Å². The summed E-state index contributed by atoms with van der Waals surface area (Å²) in [6.45, 7) is 9.32. The van der Waals surface area contributed by atoms with Crippen LogP contribution in [0.2, 0.25) is 0 Å². The summed E-state index contributed by atoms with van der Waals surface area (Å²) in [5.74, 6) is -0.578. The molecular formula is C30H32N4O6. The predicted molar refractivity (Wildman–Crippen MR) is 147 cm³/mol. The molecule has 0 amide bonds. The van der Waals surface area contributed by atoms with Crippen molar-refractivity contribution in [2.24, 2.45) is 11.8 Å². The normalized spacial score (nSPS) is 17.4. The molecule has 0 spiro atoms. The van der Waals surface area contributed by atoms with Gasteiger partial charge in [-0.05, 0) is 82.9 Å². The lowest BCUT2D eigenvalue weighted by Gasteiger charge is -2.24. The summed E-state index contributed by atoms with van der Waals surface area (Å²) in [5.41, 5.74) is 2.29. The van der Waals surface area contributed by atoms with Gasteiger partial charge in [0.2, 0.25) is 5.88 Å². The first-order valence-electron chi connectivity index (χ1n) is 13.2. The van der Waals surface area contributed by atoms with Gasteiger partial charge < -0.3 is 19.3 Å². The van der Waals surface area contributed by atoms with Gasteiger partial charge in [-0.2, -0.15) is 10.4 Å². The number of carbonyl (C=O) groups excluding carboxylic acids is 2. The van der Waals surface area contributed by atoms with Crippen molar-refractivity contribution in [3.8, 4) is 17.7 Å². The molecule has 208 valence electrons. The predicted octanol–water partition coefficient (Wildman–Crippen LogP) is 5.46. The average molecular weight is 545 g/mol. The Morgan fingerprint density at radius 2 is 1.98 bits per heavy atom. The molecule has 5 rings (SSSR count). The molecule has 1 aliphatic carbocycles. The van der Waals surface area contributed by atoms with Crippen molar-refractivity contribution in [2.45, 2.75) is 52.7 Å². The molecule has 2 aromatic carbocycles. The number of hydrogen-bond acceptors (Lipinski definition) is 8. The van der Waals surface area contributed by atoms with Crippen LogP contribution in [0.15, 0.2) is 36.5 Å². The van der Waals surface area contributed by atoms with Crippen LogP contribution in [-0.2, 0) is 14.3 Å². The maximum Gasteiger partial charge on any atom is 0.419 e. The van der Waals surface area contributed by atoms with Gasteiger partial charge in [0.1, 0.15) is 11.4 Å². The zero-order valence-electron chi connectivity index (χ0n) is 23.4. The minimum Gasteiger partial charge on any atom is -0.496 e. The van der Waals surface area contributed by atoms with E-state index in [2.05, 4.69) is 6.07 Å². The molecule has 0 saturated heterocycles. The second-order valence-corrected chi connectivity index (χ2v) is 11.1. The number of aromatic nitrogens is 3. The molecule has 2 aromatic heterocycles. The quantitative estimate of drug-likeness (QED) is 0.317. The fraction of sp³-hybridized carbons (Fsp3) is 0.400. The Morgan fingerprint density at radius 1 is 1.23 bits per heavy atom. The van der Waals surface area contributed by atoms with Crippen molar-refractivity contribution in [2.75, 3.05) is 13.7 Å². The van der Waals surface area contributed by atoms with Crippen LogP contribution in [0.3, 0.4) is 0 Å². The largest absolute Gasteiger partial charge is 0.496 e. The lowest BCUT2D eigenvalue weighted by Crippen LogP contribution is -2.27. The van der Waals surface area contributed by atoms with E-state index >= 15 is 0 Å². The van der Waals surface area contributed by atoms with E-state index in [0.717, 1.165) is 5.56 Å². The second-order valence-electron chi connectivity index (χ2n) is 11.1. The highest BCUT2D eigenvalue weighted by Gasteiger charge is 2.52. The first-order valence-corrected chi connectivity index (χ1v) is 13.2. The van der Waals surface area contributed by atoms with Gasteiger partial charge in [0.15, 0.2) is 0 Å². The third-order valence-corrected chi connectivity index (χ3v) is 7.17. The topological polar surface area (TPSA) is 129 Å². The number of esters is 1.